The monoisotopic (exact) mass is 231 g/mol. The van der Waals surface area contributed by atoms with Crippen molar-refractivity contribution in [3.8, 4) is 11.4 Å². The number of H-pyrrole nitrogens is 1. The van der Waals surface area contributed by atoms with Crippen molar-refractivity contribution in [3.05, 3.63) is 41.5 Å². The summed E-state index contributed by atoms with van der Waals surface area (Å²) in [5.41, 5.74) is 8.69. The van der Waals surface area contributed by atoms with Gasteiger partial charge in [0.25, 0.3) is 0 Å². The Bertz CT molecular complexity index is 526. The number of rotatable bonds is 3. The summed E-state index contributed by atoms with van der Waals surface area (Å²) in [7, 11) is 0. The van der Waals surface area contributed by atoms with Crippen LogP contribution in [0.3, 0.4) is 0 Å². The Labute approximate surface area is 98.9 Å². The van der Waals surface area contributed by atoms with Crippen LogP contribution in [0, 0.1) is 5.82 Å². The van der Waals surface area contributed by atoms with E-state index in [1.165, 1.54) is 25.0 Å². The molecule has 1 saturated carbocycles. The molecule has 0 aliphatic heterocycles. The molecule has 0 amide bonds. The van der Waals surface area contributed by atoms with Gasteiger partial charge in [-0.2, -0.15) is 0 Å². The molecule has 4 heteroatoms. The van der Waals surface area contributed by atoms with Crippen molar-refractivity contribution in [1.29, 1.82) is 0 Å². The van der Waals surface area contributed by atoms with Crippen LogP contribution in [0.15, 0.2) is 24.3 Å². The molecule has 88 valence electrons. The van der Waals surface area contributed by atoms with Gasteiger partial charge in [-0.1, -0.05) is 0 Å². The van der Waals surface area contributed by atoms with E-state index in [0.29, 0.717) is 12.5 Å². The average Bonchev–Trinajstić information content (AvgIpc) is 3.10. The van der Waals surface area contributed by atoms with Gasteiger partial charge in [0.05, 0.1) is 11.4 Å². The number of aromatic nitrogens is 2. The third-order valence-corrected chi connectivity index (χ3v) is 3.10. The molecule has 17 heavy (non-hydrogen) atoms. The minimum Gasteiger partial charge on any atom is -0.341 e. The van der Waals surface area contributed by atoms with Crippen molar-refractivity contribution in [3.63, 3.8) is 0 Å². The molecule has 3 N–H and O–H groups in total. The highest BCUT2D eigenvalue weighted by molar-refractivity contribution is 5.56. The Balaban J connectivity index is 2.00. The van der Waals surface area contributed by atoms with E-state index in [1.54, 1.807) is 12.1 Å². The van der Waals surface area contributed by atoms with Crippen LogP contribution in [-0.4, -0.2) is 9.97 Å². The third kappa shape index (κ3) is 1.96. The Morgan fingerprint density at radius 3 is 2.59 bits per heavy atom. The first kappa shape index (κ1) is 10.5. The van der Waals surface area contributed by atoms with Crippen LogP contribution in [0.1, 0.15) is 30.1 Å². The van der Waals surface area contributed by atoms with E-state index in [9.17, 15) is 4.39 Å². The van der Waals surface area contributed by atoms with Crippen LogP contribution >= 0.6 is 0 Å². The lowest BCUT2D eigenvalue weighted by Crippen LogP contribution is -1.99. The Morgan fingerprint density at radius 2 is 2.00 bits per heavy atom. The third-order valence-electron chi connectivity index (χ3n) is 3.10. The lowest BCUT2D eigenvalue weighted by Gasteiger charge is -1.95. The van der Waals surface area contributed by atoms with Crippen molar-refractivity contribution in [2.75, 3.05) is 0 Å². The van der Waals surface area contributed by atoms with Crippen molar-refractivity contribution in [2.24, 2.45) is 5.73 Å². The van der Waals surface area contributed by atoms with E-state index in [2.05, 4.69) is 9.97 Å². The Kier molecular flexibility index (Phi) is 2.44. The van der Waals surface area contributed by atoms with Crippen LogP contribution in [0.2, 0.25) is 0 Å². The lowest BCUT2D eigenvalue weighted by atomic mass is 10.2. The molecule has 0 unspecified atom stereocenters. The number of halogens is 1. The number of hydrogen-bond donors (Lipinski definition) is 2. The quantitative estimate of drug-likeness (QED) is 0.852. The van der Waals surface area contributed by atoms with Gasteiger partial charge < -0.3 is 10.7 Å². The molecule has 1 fully saturated rings. The molecular weight excluding hydrogens is 217 g/mol. The predicted octanol–water partition coefficient (Wildman–Crippen LogP) is 2.55. The second kappa shape index (κ2) is 3.96. The molecule has 3 nitrogen and oxygen atoms in total. The summed E-state index contributed by atoms with van der Waals surface area (Å²) in [6, 6.07) is 6.34. The number of imidazole rings is 1. The van der Waals surface area contributed by atoms with E-state index in [0.717, 1.165) is 22.8 Å². The summed E-state index contributed by atoms with van der Waals surface area (Å²) in [4.78, 5) is 7.81. The van der Waals surface area contributed by atoms with Crippen LogP contribution in [0.5, 0.6) is 0 Å². The molecule has 1 aromatic carbocycles. The largest absolute Gasteiger partial charge is 0.341 e. The van der Waals surface area contributed by atoms with Gasteiger partial charge in [-0.3, -0.25) is 0 Å². The van der Waals surface area contributed by atoms with E-state index in [4.69, 9.17) is 5.73 Å². The summed E-state index contributed by atoms with van der Waals surface area (Å²) in [5, 5.41) is 0. The van der Waals surface area contributed by atoms with E-state index in [-0.39, 0.29) is 5.82 Å². The SMILES string of the molecule is NCc1[nH]c(-c2ccc(F)cc2)nc1C1CC1. The molecule has 1 heterocycles. The molecule has 0 atom stereocenters. The molecule has 2 aromatic rings. The summed E-state index contributed by atoms with van der Waals surface area (Å²) in [6.45, 7) is 0.472. The molecule has 0 saturated heterocycles. The molecule has 1 aromatic heterocycles. The first-order valence-electron chi connectivity index (χ1n) is 5.82. The zero-order chi connectivity index (χ0) is 11.8. The van der Waals surface area contributed by atoms with Gasteiger partial charge in [0.2, 0.25) is 0 Å². The maximum Gasteiger partial charge on any atom is 0.137 e. The highest BCUT2D eigenvalue weighted by Gasteiger charge is 2.29. The summed E-state index contributed by atoms with van der Waals surface area (Å²) >= 11 is 0. The van der Waals surface area contributed by atoms with Crippen LogP contribution in [0.4, 0.5) is 4.39 Å². The minimum absolute atomic E-state index is 0.234. The highest BCUT2D eigenvalue weighted by atomic mass is 19.1. The van der Waals surface area contributed by atoms with Crippen molar-refractivity contribution < 1.29 is 4.39 Å². The summed E-state index contributed by atoms with van der Waals surface area (Å²) in [5.74, 6) is 1.12. The second-order valence-corrected chi connectivity index (χ2v) is 4.43. The number of nitrogens with zero attached hydrogens (tertiary/aromatic N) is 1. The fraction of sp³-hybridized carbons (Fsp3) is 0.308. The van der Waals surface area contributed by atoms with Crippen molar-refractivity contribution in [1.82, 2.24) is 9.97 Å². The maximum atomic E-state index is 12.8. The first-order valence-corrected chi connectivity index (χ1v) is 5.82. The zero-order valence-corrected chi connectivity index (χ0v) is 9.41. The van der Waals surface area contributed by atoms with Crippen molar-refractivity contribution in [2.45, 2.75) is 25.3 Å². The normalized spacial score (nSPS) is 15.2. The molecule has 0 radical (unpaired) electrons. The number of nitrogens with one attached hydrogen (secondary N) is 1. The first-order chi connectivity index (χ1) is 8.28. The standard InChI is InChI=1S/C13H14FN3/c14-10-5-3-9(4-6-10)13-16-11(7-15)12(17-13)8-1-2-8/h3-6,8H,1-2,7,15H2,(H,16,17). The number of aromatic amines is 1. The second-order valence-electron chi connectivity index (χ2n) is 4.43. The predicted molar refractivity (Wildman–Crippen MR) is 63.8 cm³/mol. The van der Waals surface area contributed by atoms with E-state index < -0.39 is 0 Å². The summed E-state index contributed by atoms with van der Waals surface area (Å²) < 4.78 is 12.8. The molecule has 1 aliphatic carbocycles. The topological polar surface area (TPSA) is 54.7 Å². The van der Waals surface area contributed by atoms with Crippen LogP contribution in [-0.2, 0) is 6.54 Å². The van der Waals surface area contributed by atoms with Gasteiger partial charge in [-0.25, -0.2) is 9.37 Å². The summed E-state index contributed by atoms with van der Waals surface area (Å²) in [6.07, 6.45) is 2.39. The van der Waals surface area contributed by atoms with Gasteiger partial charge in [0.15, 0.2) is 0 Å². The van der Waals surface area contributed by atoms with Crippen molar-refractivity contribution >= 4 is 0 Å². The Hall–Kier alpha value is -1.68. The molecule has 0 spiro atoms. The van der Waals surface area contributed by atoms with Gasteiger partial charge in [-0.15, -0.1) is 0 Å². The number of benzene rings is 1. The Morgan fingerprint density at radius 1 is 1.29 bits per heavy atom. The van der Waals surface area contributed by atoms with Crippen LogP contribution < -0.4 is 5.73 Å². The molecule has 0 bridgehead atoms. The van der Waals surface area contributed by atoms with Gasteiger partial charge in [-0.05, 0) is 37.1 Å². The smallest absolute Gasteiger partial charge is 0.137 e. The van der Waals surface area contributed by atoms with E-state index in [1.807, 2.05) is 0 Å². The fourth-order valence-electron chi connectivity index (χ4n) is 2.02. The van der Waals surface area contributed by atoms with Crippen LogP contribution in [0.25, 0.3) is 11.4 Å². The lowest BCUT2D eigenvalue weighted by molar-refractivity contribution is 0.628. The minimum atomic E-state index is -0.234. The fourth-order valence-corrected chi connectivity index (χ4v) is 2.02. The number of nitrogens with two attached hydrogens (primary N) is 1. The number of hydrogen-bond acceptors (Lipinski definition) is 2. The van der Waals surface area contributed by atoms with E-state index >= 15 is 0 Å². The molecular formula is C13H14FN3. The molecule has 1 aliphatic rings. The van der Waals surface area contributed by atoms with Gasteiger partial charge in [0, 0.05) is 18.0 Å². The van der Waals surface area contributed by atoms with Gasteiger partial charge >= 0.3 is 0 Å². The molecule has 3 rings (SSSR count). The van der Waals surface area contributed by atoms with Gasteiger partial charge in [0.1, 0.15) is 11.6 Å². The highest BCUT2D eigenvalue weighted by Crippen LogP contribution is 2.41. The average molecular weight is 231 g/mol. The zero-order valence-electron chi connectivity index (χ0n) is 9.41. The maximum absolute atomic E-state index is 12.8.